The summed E-state index contributed by atoms with van der Waals surface area (Å²) in [4.78, 5) is 0. The lowest BCUT2D eigenvalue weighted by atomic mass is 10.0. The van der Waals surface area contributed by atoms with Gasteiger partial charge in [0.15, 0.2) is 12.1 Å². The van der Waals surface area contributed by atoms with Crippen LogP contribution in [0.4, 0.5) is 0 Å². The third-order valence-electron chi connectivity index (χ3n) is 4.23. The minimum Gasteiger partial charge on any atom is -0.394 e. The Morgan fingerprint density at radius 3 is 2.54 bits per heavy atom. The molecule has 0 unspecified atom stereocenters. The number of benzene rings is 1. The van der Waals surface area contributed by atoms with Gasteiger partial charge in [-0.2, -0.15) is 0 Å². The van der Waals surface area contributed by atoms with Gasteiger partial charge < -0.3 is 34.3 Å². The Labute approximate surface area is 140 Å². The lowest BCUT2D eigenvalue weighted by Crippen LogP contribution is -2.48. The van der Waals surface area contributed by atoms with Gasteiger partial charge in [0.2, 0.25) is 0 Å². The quantitative estimate of drug-likeness (QED) is 0.679. The molecule has 2 aliphatic rings. The Balaban J connectivity index is 1.74. The molecule has 6 atom stereocenters. The lowest BCUT2D eigenvalue weighted by molar-refractivity contribution is -0.237. The second-order valence-corrected chi connectivity index (χ2v) is 6.57. The molecule has 7 nitrogen and oxygen atoms in total. The van der Waals surface area contributed by atoms with Crippen LogP contribution in [-0.2, 0) is 25.6 Å². The highest BCUT2D eigenvalue weighted by molar-refractivity contribution is 5.13. The number of fused-ring (bicyclic) bond motifs is 1. The predicted octanol–water partition coefficient (Wildman–Crippen LogP) is 0.162. The summed E-state index contributed by atoms with van der Waals surface area (Å²) in [6, 6.07) is 9.59. The average Bonchev–Trinajstić information content (AvgIpc) is 3.04. The first-order chi connectivity index (χ1) is 11.4. The molecule has 2 heterocycles. The molecule has 0 amide bonds. The van der Waals surface area contributed by atoms with Crippen molar-refractivity contribution in [2.24, 2.45) is 0 Å². The average molecular weight is 340 g/mol. The summed E-state index contributed by atoms with van der Waals surface area (Å²) in [5, 5.41) is 29.1. The Morgan fingerprint density at radius 1 is 1.17 bits per heavy atom. The molecule has 3 N–H and O–H groups in total. The van der Waals surface area contributed by atoms with E-state index in [9.17, 15) is 10.2 Å². The monoisotopic (exact) mass is 340 g/mol. The maximum Gasteiger partial charge on any atom is 0.190 e. The van der Waals surface area contributed by atoms with Crippen molar-refractivity contribution in [3.63, 3.8) is 0 Å². The minimum atomic E-state index is -1.33. The highest BCUT2D eigenvalue weighted by Gasteiger charge is 2.57. The Hall–Kier alpha value is -1.06. The molecular formula is C17H24O7. The molecule has 3 rings (SSSR count). The van der Waals surface area contributed by atoms with Crippen molar-refractivity contribution in [2.75, 3.05) is 6.61 Å². The van der Waals surface area contributed by atoms with Gasteiger partial charge in [0, 0.05) is 0 Å². The summed E-state index contributed by atoms with van der Waals surface area (Å²) in [5.41, 5.74) is 0.968. The first-order valence-electron chi connectivity index (χ1n) is 8.05. The maximum atomic E-state index is 10.2. The van der Waals surface area contributed by atoms with Crippen LogP contribution in [-0.4, -0.2) is 64.5 Å². The van der Waals surface area contributed by atoms with Crippen LogP contribution >= 0.6 is 0 Å². The van der Waals surface area contributed by atoms with Gasteiger partial charge in [-0.1, -0.05) is 30.3 Å². The molecule has 0 bridgehead atoms. The molecule has 134 valence electrons. The topological polar surface area (TPSA) is 97.6 Å². The number of hydrogen-bond acceptors (Lipinski definition) is 7. The van der Waals surface area contributed by atoms with Gasteiger partial charge >= 0.3 is 0 Å². The second-order valence-electron chi connectivity index (χ2n) is 6.57. The summed E-state index contributed by atoms with van der Waals surface area (Å²) in [6.07, 6.45) is -5.34. The highest BCUT2D eigenvalue weighted by Crippen LogP contribution is 2.40. The van der Waals surface area contributed by atoms with Gasteiger partial charge in [-0.25, -0.2) is 0 Å². The maximum absolute atomic E-state index is 10.2. The summed E-state index contributed by atoms with van der Waals surface area (Å²) < 4.78 is 23.2. The zero-order valence-corrected chi connectivity index (χ0v) is 13.7. The summed E-state index contributed by atoms with van der Waals surface area (Å²) in [7, 11) is 0. The molecule has 24 heavy (non-hydrogen) atoms. The van der Waals surface area contributed by atoms with Crippen LogP contribution in [0.15, 0.2) is 30.3 Å². The van der Waals surface area contributed by atoms with Crippen LogP contribution in [0.1, 0.15) is 19.4 Å². The van der Waals surface area contributed by atoms with Crippen molar-refractivity contribution in [2.45, 2.75) is 63.1 Å². The van der Waals surface area contributed by atoms with Gasteiger partial charge in [-0.15, -0.1) is 0 Å². The molecule has 0 saturated carbocycles. The van der Waals surface area contributed by atoms with E-state index in [-0.39, 0.29) is 0 Å². The van der Waals surface area contributed by atoms with E-state index in [1.165, 1.54) is 0 Å². The first-order valence-corrected chi connectivity index (χ1v) is 8.05. The SMILES string of the molecule is CC1(C)O[C@@H]2O[C@H]([C@H](O)[C@@H](O)CO)[C@@H](OCc3ccccc3)[C@H]2O1. The normalized spacial score (nSPS) is 34.0. The zero-order valence-electron chi connectivity index (χ0n) is 13.7. The third-order valence-corrected chi connectivity index (χ3v) is 4.23. The number of ether oxygens (including phenoxy) is 4. The summed E-state index contributed by atoms with van der Waals surface area (Å²) in [5.74, 6) is -0.810. The molecule has 2 fully saturated rings. The van der Waals surface area contributed by atoms with Crippen molar-refractivity contribution < 1.29 is 34.3 Å². The van der Waals surface area contributed by atoms with Crippen LogP contribution in [0.3, 0.4) is 0 Å². The largest absolute Gasteiger partial charge is 0.394 e. The van der Waals surface area contributed by atoms with E-state index < -0.39 is 49.2 Å². The highest BCUT2D eigenvalue weighted by atomic mass is 16.8. The van der Waals surface area contributed by atoms with Gasteiger partial charge in [-0.3, -0.25) is 0 Å². The van der Waals surface area contributed by atoms with E-state index in [0.29, 0.717) is 6.61 Å². The molecule has 0 spiro atoms. The van der Waals surface area contributed by atoms with E-state index >= 15 is 0 Å². The van der Waals surface area contributed by atoms with Crippen LogP contribution in [0, 0.1) is 0 Å². The minimum absolute atomic E-state index is 0.306. The van der Waals surface area contributed by atoms with Crippen molar-refractivity contribution >= 4 is 0 Å². The molecule has 2 saturated heterocycles. The summed E-state index contributed by atoms with van der Waals surface area (Å²) in [6.45, 7) is 3.28. The van der Waals surface area contributed by atoms with Crippen LogP contribution in [0.2, 0.25) is 0 Å². The van der Waals surface area contributed by atoms with Crippen LogP contribution in [0.25, 0.3) is 0 Å². The van der Waals surface area contributed by atoms with Gasteiger partial charge in [0.05, 0.1) is 13.2 Å². The molecule has 7 heteroatoms. The standard InChI is InChI=1S/C17H24O7/c1-17(2)23-15-14(21-9-10-6-4-3-5-7-10)13(22-16(15)24-17)12(20)11(19)8-18/h3-7,11-16,18-20H,8-9H2,1-2H3/t11-,12+,13+,14+,15+,16-/m0/s1. The molecule has 0 radical (unpaired) electrons. The fourth-order valence-electron chi connectivity index (χ4n) is 3.06. The van der Waals surface area contributed by atoms with E-state index in [2.05, 4.69) is 0 Å². The Kier molecular flexibility index (Phi) is 5.22. The fraction of sp³-hybridized carbons (Fsp3) is 0.647. The smallest absolute Gasteiger partial charge is 0.190 e. The Bertz CT molecular complexity index is 535. The second kappa shape index (κ2) is 7.05. The first kappa shape index (κ1) is 17.8. The van der Waals surface area contributed by atoms with E-state index in [4.69, 9.17) is 24.1 Å². The molecule has 0 aliphatic carbocycles. The Morgan fingerprint density at radius 2 is 1.88 bits per heavy atom. The van der Waals surface area contributed by atoms with E-state index in [1.807, 2.05) is 30.3 Å². The number of aliphatic hydroxyl groups is 3. The van der Waals surface area contributed by atoms with Gasteiger partial charge in [-0.05, 0) is 19.4 Å². The molecule has 1 aromatic rings. The molecule has 2 aliphatic heterocycles. The van der Waals surface area contributed by atoms with Crippen molar-refractivity contribution in [1.82, 2.24) is 0 Å². The molecule has 0 aromatic heterocycles. The predicted molar refractivity (Wildman–Crippen MR) is 82.8 cm³/mol. The zero-order chi connectivity index (χ0) is 17.3. The number of hydrogen-bond donors (Lipinski definition) is 3. The molecule has 1 aromatic carbocycles. The van der Waals surface area contributed by atoms with Crippen molar-refractivity contribution in [3.8, 4) is 0 Å². The fourth-order valence-corrected chi connectivity index (χ4v) is 3.06. The van der Waals surface area contributed by atoms with E-state index in [1.54, 1.807) is 13.8 Å². The van der Waals surface area contributed by atoms with Crippen molar-refractivity contribution in [1.29, 1.82) is 0 Å². The number of rotatable bonds is 6. The third kappa shape index (κ3) is 3.62. The summed E-state index contributed by atoms with van der Waals surface area (Å²) >= 11 is 0. The van der Waals surface area contributed by atoms with Gasteiger partial charge in [0.1, 0.15) is 30.5 Å². The van der Waals surface area contributed by atoms with Gasteiger partial charge in [0.25, 0.3) is 0 Å². The lowest BCUT2D eigenvalue weighted by Gasteiger charge is -2.30. The van der Waals surface area contributed by atoms with E-state index in [0.717, 1.165) is 5.56 Å². The number of aliphatic hydroxyl groups excluding tert-OH is 3. The van der Waals surface area contributed by atoms with Crippen LogP contribution in [0.5, 0.6) is 0 Å². The van der Waals surface area contributed by atoms with Crippen molar-refractivity contribution in [3.05, 3.63) is 35.9 Å². The van der Waals surface area contributed by atoms with Crippen LogP contribution < -0.4 is 0 Å². The molecular weight excluding hydrogens is 316 g/mol.